The molecule has 0 heterocycles. The Kier molecular flexibility index (Phi) is 6.99. The first-order valence-electron chi connectivity index (χ1n) is 10.1. The van der Waals surface area contributed by atoms with Crippen LogP contribution in [0, 0.1) is 5.41 Å². The third-order valence-electron chi connectivity index (χ3n) is 6.52. The summed E-state index contributed by atoms with van der Waals surface area (Å²) in [7, 11) is -6.22. The Morgan fingerprint density at radius 1 is 1.00 bits per heavy atom. The highest BCUT2D eigenvalue weighted by Gasteiger charge is 2.56. The molecule has 27 heavy (non-hydrogen) atoms. The van der Waals surface area contributed by atoms with E-state index in [1.54, 1.807) is 0 Å². The lowest BCUT2D eigenvalue weighted by Gasteiger charge is -2.43. The molecule has 0 radical (unpaired) electrons. The van der Waals surface area contributed by atoms with Crippen LogP contribution in [0.15, 0.2) is 30.3 Å². The van der Waals surface area contributed by atoms with Gasteiger partial charge in [0.2, 0.25) is 0 Å². The predicted octanol–water partition coefficient (Wildman–Crippen LogP) is 5.46. The second-order valence-corrected chi connectivity index (χ2v) is 16.2. The van der Waals surface area contributed by atoms with Gasteiger partial charge in [-0.3, -0.25) is 4.55 Å². The van der Waals surface area contributed by atoms with Crippen LogP contribution in [0.1, 0.15) is 59.9 Å². The zero-order valence-electron chi connectivity index (χ0n) is 17.6. The number of benzene rings is 1. The van der Waals surface area contributed by atoms with E-state index < -0.39 is 29.1 Å². The number of hydrogen-bond donors (Lipinski definition) is 1. The van der Waals surface area contributed by atoms with Crippen molar-refractivity contribution in [2.45, 2.75) is 82.7 Å². The van der Waals surface area contributed by atoms with Crippen LogP contribution in [0.25, 0.3) is 0 Å². The first-order valence-corrected chi connectivity index (χ1v) is 13.7. The summed E-state index contributed by atoms with van der Waals surface area (Å²) in [5.74, 6) is 0. The average Bonchev–Trinajstić information content (AvgIpc) is 3.33. The van der Waals surface area contributed by atoms with Gasteiger partial charge < -0.3 is 4.43 Å². The standard InChI is InChI=1S/C21H36O4SSi/c1-16(2)27(17(3)4,18(5)6)25-15-21(12-13-21)20(26(22,23)24)14-19-10-8-7-9-11-19/h7-11,16-18,20H,12-15H2,1-6H3,(H,22,23,24). The molecule has 1 aromatic carbocycles. The van der Waals surface area contributed by atoms with Crippen molar-refractivity contribution < 1.29 is 17.4 Å². The van der Waals surface area contributed by atoms with Crippen LogP contribution in [0.4, 0.5) is 0 Å². The minimum Gasteiger partial charge on any atom is -0.415 e. The molecule has 0 aliphatic heterocycles. The summed E-state index contributed by atoms with van der Waals surface area (Å²) in [6, 6.07) is 9.56. The summed E-state index contributed by atoms with van der Waals surface area (Å²) in [6.07, 6.45) is 1.93. The van der Waals surface area contributed by atoms with Crippen LogP contribution in [-0.4, -0.2) is 33.1 Å². The third-order valence-corrected chi connectivity index (χ3v) is 14.0. The molecule has 154 valence electrons. The number of rotatable bonds is 10. The van der Waals surface area contributed by atoms with Gasteiger partial charge in [0.1, 0.15) is 0 Å². The lowest BCUT2D eigenvalue weighted by molar-refractivity contribution is 0.198. The molecular formula is C21H36O4SSi. The summed E-state index contributed by atoms with van der Waals surface area (Å²) < 4.78 is 41.2. The van der Waals surface area contributed by atoms with Gasteiger partial charge in [0.05, 0.1) is 5.25 Å². The summed E-state index contributed by atoms with van der Waals surface area (Å²) in [5.41, 5.74) is 1.83. The van der Waals surface area contributed by atoms with Gasteiger partial charge in [0.15, 0.2) is 8.32 Å². The first kappa shape index (κ1) is 22.6. The normalized spacial score (nSPS) is 18.3. The van der Waals surface area contributed by atoms with E-state index in [1.807, 2.05) is 30.3 Å². The maximum absolute atomic E-state index is 12.3. The van der Waals surface area contributed by atoms with E-state index in [9.17, 15) is 13.0 Å². The molecule has 1 aliphatic rings. The van der Waals surface area contributed by atoms with Gasteiger partial charge in [-0.05, 0) is 41.4 Å². The van der Waals surface area contributed by atoms with Crippen LogP contribution < -0.4 is 0 Å². The minimum absolute atomic E-state index is 0.336. The van der Waals surface area contributed by atoms with Crippen LogP contribution >= 0.6 is 0 Å². The van der Waals surface area contributed by atoms with Gasteiger partial charge in [0, 0.05) is 12.0 Å². The highest BCUT2D eigenvalue weighted by atomic mass is 32.2. The lowest BCUT2D eigenvalue weighted by atomic mass is 9.97. The van der Waals surface area contributed by atoms with E-state index in [4.69, 9.17) is 4.43 Å². The van der Waals surface area contributed by atoms with E-state index in [1.165, 1.54) is 0 Å². The fourth-order valence-corrected chi connectivity index (χ4v) is 11.8. The van der Waals surface area contributed by atoms with Gasteiger partial charge in [-0.2, -0.15) is 8.42 Å². The molecular weight excluding hydrogens is 376 g/mol. The topological polar surface area (TPSA) is 63.6 Å². The van der Waals surface area contributed by atoms with E-state index in [0.717, 1.165) is 18.4 Å². The smallest absolute Gasteiger partial charge is 0.268 e. The van der Waals surface area contributed by atoms with Crippen molar-refractivity contribution in [3.63, 3.8) is 0 Å². The molecule has 1 aromatic rings. The van der Waals surface area contributed by atoms with E-state index in [2.05, 4.69) is 41.5 Å². The molecule has 0 spiro atoms. The van der Waals surface area contributed by atoms with Gasteiger partial charge in [-0.25, -0.2) is 0 Å². The molecule has 0 amide bonds. The first-order chi connectivity index (χ1) is 12.5. The molecule has 0 saturated heterocycles. The van der Waals surface area contributed by atoms with E-state index in [0.29, 0.717) is 29.7 Å². The second-order valence-electron chi connectivity index (χ2n) is 9.16. The van der Waals surface area contributed by atoms with Crippen molar-refractivity contribution in [3.8, 4) is 0 Å². The van der Waals surface area contributed by atoms with Crippen molar-refractivity contribution in [1.29, 1.82) is 0 Å². The quantitative estimate of drug-likeness (QED) is 0.409. The highest BCUT2D eigenvalue weighted by molar-refractivity contribution is 7.86. The van der Waals surface area contributed by atoms with Crippen molar-refractivity contribution in [2.24, 2.45) is 5.41 Å². The van der Waals surface area contributed by atoms with Gasteiger partial charge in [-0.15, -0.1) is 0 Å². The Balaban J connectivity index is 2.27. The highest BCUT2D eigenvalue weighted by Crippen LogP contribution is 2.54. The Bertz CT molecular complexity index is 687. The molecule has 0 aromatic heterocycles. The lowest BCUT2D eigenvalue weighted by Crippen LogP contribution is -2.50. The van der Waals surface area contributed by atoms with Crippen LogP contribution in [0.2, 0.25) is 16.6 Å². The SMILES string of the molecule is CC(C)[Si](OCC1(C(Cc2ccccc2)S(=O)(=O)O)CC1)(C(C)C)C(C)C. The molecule has 1 aliphatic carbocycles. The molecule has 1 fully saturated rings. The molecule has 2 rings (SSSR count). The van der Waals surface area contributed by atoms with Crippen molar-refractivity contribution in [3.05, 3.63) is 35.9 Å². The predicted molar refractivity (Wildman–Crippen MR) is 114 cm³/mol. The summed E-state index contributed by atoms with van der Waals surface area (Å²) >= 11 is 0. The molecule has 1 atom stereocenters. The molecule has 4 nitrogen and oxygen atoms in total. The summed E-state index contributed by atoms with van der Waals surface area (Å²) in [5, 5.41) is -0.800. The van der Waals surface area contributed by atoms with Crippen LogP contribution in [-0.2, 0) is 21.0 Å². The minimum atomic E-state index is -4.15. The maximum atomic E-state index is 12.3. The Morgan fingerprint density at radius 3 is 1.85 bits per heavy atom. The fraction of sp³-hybridized carbons (Fsp3) is 0.714. The van der Waals surface area contributed by atoms with E-state index >= 15 is 0 Å². The van der Waals surface area contributed by atoms with Crippen molar-refractivity contribution in [1.82, 2.24) is 0 Å². The summed E-state index contributed by atoms with van der Waals surface area (Å²) in [6.45, 7) is 13.8. The van der Waals surface area contributed by atoms with Gasteiger partial charge in [-0.1, -0.05) is 71.9 Å². The van der Waals surface area contributed by atoms with Gasteiger partial charge >= 0.3 is 0 Å². The average molecular weight is 413 g/mol. The van der Waals surface area contributed by atoms with E-state index in [-0.39, 0.29) is 0 Å². The summed E-state index contributed by atoms with van der Waals surface area (Å²) in [4.78, 5) is 0. The van der Waals surface area contributed by atoms with Crippen LogP contribution in [0.5, 0.6) is 0 Å². The Morgan fingerprint density at radius 2 is 1.48 bits per heavy atom. The zero-order valence-corrected chi connectivity index (χ0v) is 19.4. The van der Waals surface area contributed by atoms with Crippen molar-refractivity contribution >= 4 is 18.4 Å². The molecule has 1 N–H and O–H groups in total. The largest absolute Gasteiger partial charge is 0.415 e. The molecule has 1 saturated carbocycles. The molecule has 1 unspecified atom stereocenters. The fourth-order valence-electron chi connectivity index (χ4n) is 4.95. The van der Waals surface area contributed by atoms with Crippen LogP contribution in [0.3, 0.4) is 0 Å². The molecule has 0 bridgehead atoms. The Labute approximate surface area is 166 Å². The van der Waals surface area contributed by atoms with Crippen molar-refractivity contribution in [2.75, 3.05) is 6.61 Å². The molecule has 6 heteroatoms. The third kappa shape index (κ3) is 4.84. The monoisotopic (exact) mass is 412 g/mol. The number of hydrogen-bond acceptors (Lipinski definition) is 3. The second kappa shape index (κ2) is 8.35. The zero-order chi connectivity index (χ0) is 20.5. The van der Waals surface area contributed by atoms with Gasteiger partial charge in [0.25, 0.3) is 10.1 Å². The Hall–Kier alpha value is -0.693. The maximum Gasteiger partial charge on any atom is 0.268 e.